The lowest BCUT2D eigenvalue weighted by molar-refractivity contribution is 0.209. The first-order valence-electron chi connectivity index (χ1n) is 12.2. The van der Waals surface area contributed by atoms with Crippen molar-refractivity contribution in [1.82, 2.24) is 19.4 Å². The largest absolute Gasteiger partial charge is 0.496 e. The van der Waals surface area contributed by atoms with Crippen molar-refractivity contribution in [3.05, 3.63) is 56.9 Å². The van der Waals surface area contributed by atoms with Gasteiger partial charge in [0.05, 0.1) is 31.0 Å². The first kappa shape index (κ1) is 23.1. The molecule has 1 fully saturated rings. The molecule has 36 heavy (non-hydrogen) atoms. The van der Waals surface area contributed by atoms with Gasteiger partial charge in [-0.25, -0.2) is 4.79 Å². The Morgan fingerprint density at radius 2 is 1.92 bits per heavy atom. The number of likely N-dealkylation sites (tertiary alicyclic amines) is 1. The predicted octanol–water partition coefficient (Wildman–Crippen LogP) is 3.20. The number of hydrogen-bond acceptors (Lipinski definition) is 8. The lowest BCUT2D eigenvalue weighted by atomic mass is 9.86. The second-order valence-electron chi connectivity index (χ2n) is 9.40. The second-order valence-corrected chi connectivity index (χ2v) is 10.4. The van der Waals surface area contributed by atoms with Crippen LogP contribution >= 0.6 is 11.3 Å². The average molecular weight is 509 g/mol. The van der Waals surface area contributed by atoms with E-state index in [0.29, 0.717) is 39.9 Å². The Hall–Kier alpha value is -3.37. The van der Waals surface area contributed by atoms with Gasteiger partial charge in [-0.15, -0.1) is 11.3 Å². The molecule has 10 heteroatoms. The standard InChI is InChI=1S/C26H28N4O5S/c1-33-17-6-5-7-18-20(17)16-13-29(12-15(16)14-35-18)10-3-4-11-30-25(31)24-22(28-26(30)32)21-23(36-24)19(34-2)8-9-27-21/h5-9,15-16H,3-4,10-14H2,1-2H3,(H,28,32)/t15-,16+/m1/s1. The van der Waals surface area contributed by atoms with Crippen LogP contribution in [0.2, 0.25) is 0 Å². The van der Waals surface area contributed by atoms with Gasteiger partial charge in [0.15, 0.2) is 0 Å². The summed E-state index contributed by atoms with van der Waals surface area (Å²) in [6.45, 7) is 3.95. The number of hydrogen-bond donors (Lipinski definition) is 1. The molecule has 6 rings (SSSR count). The highest BCUT2D eigenvalue weighted by atomic mass is 32.1. The summed E-state index contributed by atoms with van der Waals surface area (Å²) in [7, 11) is 3.29. The molecule has 0 aliphatic carbocycles. The van der Waals surface area contributed by atoms with Crippen LogP contribution in [0, 0.1) is 5.92 Å². The molecule has 2 aliphatic heterocycles. The van der Waals surface area contributed by atoms with Crippen molar-refractivity contribution in [2.45, 2.75) is 25.3 Å². The third-order valence-electron chi connectivity index (χ3n) is 7.37. The van der Waals surface area contributed by atoms with Crippen LogP contribution in [0.3, 0.4) is 0 Å². The van der Waals surface area contributed by atoms with Crippen LogP contribution in [0.25, 0.3) is 20.4 Å². The highest BCUT2D eigenvalue weighted by Gasteiger charge is 2.40. The van der Waals surface area contributed by atoms with Crippen molar-refractivity contribution in [2.75, 3.05) is 40.5 Å². The number of nitrogens with zero attached hydrogens (tertiary/aromatic N) is 3. The fourth-order valence-corrected chi connectivity index (χ4v) is 6.78. The number of ether oxygens (including phenoxy) is 3. The average Bonchev–Trinajstić information content (AvgIpc) is 3.49. The molecule has 0 bridgehead atoms. The molecule has 0 spiro atoms. The van der Waals surface area contributed by atoms with E-state index in [1.807, 2.05) is 18.2 Å². The monoisotopic (exact) mass is 508 g/mol. The maximum atomic E-state index is 13.2. The van der Waals surface area contributed by atoms with Gasteiger partial charge >= 0.3 is 5.69 Å². The summed E-state index contributed by atoms with van der Waals surface area (Å²) in [5.74, 6) is 3.31. The van der Waals surface area contributed by atoms with Gasteiger partial charge in [-0.05, 0) is 37.6 Å². The number of fused-ring (bicyclic) bond motifs is 6. The maximum Gasteiger partial charge on any atom is 0.328 e. The van der Waals surface area contributed by atoms with E-state index in [2.05, 4.69) is 14.9 Å². The molecule has 0 unspecified atom stereocenters. The third-order valence-corrected chi connectivity index (χ3v) is 8.55. The molecule has 2 aliphatic rings. The van der Waals surface area contributed by atoms with Crippen molar-refractivity contribution in [2.24, 2.45) is 5.92 Å². The summed E-state index contributed by atoms with van der Waals surface area (Å²) < 4.78 is 19.6. The van der Waals surface area contributed by atoms with E-state index in [-0.39, 0.29) is 5.56 Å². The van der Waals surface area contributed by atoms with Gasteiger partial charge in [-0.2, -0.15) is 0 Å². The van der Waals surface area contributed by atoms with Crippen LogP contribution in [-0.2, 0) is 6.54 Å². The molecule has 4 aromatic rings. The van der Waals surface area contributed by atoms with Gasteiger partial charge in [0.2, 0.25) is 0 Å². The van der Waals surface area contributed by atoms with Gasteiger partial charge in [-0.1, -0.05) is 6.07 Å². The molecule has 188 valence electrons. The lowest BCUT2D eigenvalue weighted by Crippen LogP contribution is -2.34. The van der Waals surface area contributed by atoms with E-state index in [4.69, 9.17) is 14.2 Å². The first-order chi connectivity index (χ1) is 17.6. The van der Waals surface area contributed by atoms with Crippen LogP contribution in [0.5, 0.6) is 17.2 Å². The number of rotatable bonds is 7. The Bertz CT molecular complexity index is 1540. The zero-order valence-corrected chi connectivity index (χ0v) is 21.1. The van der Waals surface area contributed by atoms with E-state index < -0.39 is 5.69 Å². The molecule has 2 atom stereocenters. The van der Waals surface area contributed by atoms with Gasteiger partial charge in [0.1, 0.15) is 27.5 Å². The number of unbranched alkanes of at least 4 members (excludes halogenated alkanes) is 1. The molecule has 5 heterocycles. The zero-order valence-electron chi connectivity index (χ0n) is 20.3. The second kappa shape index (κ2) is 9.25. The van der Waals surface area contributed by atoms with Crippen LogP contribution in [0.1, 0.15) is 24.3 Å². The molecule has 0 amide bonds. The molecule has 1 saturated heterocycles. The molecule has 0 saturated carbocycles. The number of aromatic amines is 1. The Morgan fingerprint density at radius 1 is 1.08 bits per heavy atom. The van der Waals surface area contributed by atoms with E-state index >= 15 is 0 Å². The predicted molar refractivity (Wildman–Crippen MR) is 139 cm³/mol. The number of nitrogens with one attached hydrogen (secondary N) is 1. The van der Waals surface area contributed by atoms with Crippen molar-refractivity contribution >= 4 is 31.8 Å². The summed E-state index contributed by atoms with van der Waals surface area (Å²) in [6.07, 6.45) is 3.25. The summed E-state index contributed by atoms with van der Waals surface area (Å²) in [4.78, 5) is 35.6. The third kappa shape index (κ3) is 3.75. The van der Waals surface area contributed by atoms with Crippen molar-refractivity contribution in [1.29, 1.82) is 0 Å². The highest BCUT2D eigenvalue weighted by Crippen LogP contribution is 2.46. The van der Waals surface area contributed by atoms with Crippen LogP contribution < -0.4 is 25.5 Å². The normalized spacial score (nSPS) is 19.3. The van der Waals surface area contributed by atoms with Gasteiger partial charge in [0, 0.05) is 43.2 Å². The molecular weight excluding hydrogens is 480 g/mol. The Morgan fingerprint density at radius 3 is 2.75 bits per heavy atom. The van der Waals surface area contributed by atoms with E-state index in [1.165, 1.54) is 21.5 Å². The van der Waals surface area contributed by atoms with Crippen LogP contribution in [0.15, 0.2) is 40.1 Å². The number of thiophene rings is 1. The summed E-state index contributed by atoms with van der Waals surface area (Å²) in [5, 5.41) is 0. The van der Waals surface area contributed by atoms with Crippen LogP contribution in [0.4, 0.5) is 0 Å². The lowest BCUT2D eigenvalue weighted by Gasteiger charge is -2.29. The number of aromatic nitrogens is 3. The minimum atomic E-state index is -0.398. The Labute approximate surface area is 211 Å². The Kier molecular flexibility index (Phi) is 5.93. The minimum Gasteiger partial charge on any atom is -0.496 e. The smallest absolute Gasteiger partial charge is 0.328 e. The van der Waals surface area contributed by atoms with E-state index in [9.17, 15) is 9.59 Å². The van der Waals surface area contributed by atoms with Crippen molar-refractivity contribution in [3.8, 4) is 17.2 Å². The maximum absolute atomic E-state index is 13.2. The van der Waals surface area contributed by atoms with E-state index in [0.717, 1.165) is 55.3 Å². The van der Waals surface area contributed by atoms with Crippen molar-refractivity contribution in [3.63, 3.8) is 0 Å². The molecule has 1 aromatic carbocycles. The SMILES string of the molecule is COc1cccc2c1[C@H]1CN(CCCCn3c(=O)[nH]c4c(sc5c(OC)ccnc54)c3=O)C[C@@H]1CO2. The van der Waals surface area contributed by atoms with Gasteiger partial charge in [-0.3, -0.25) is 14.3 Å². The molecule has 0 radical (unpaired) electrons. The molecule has 1 N–H and O–H groups in total. The number of pyridine rings is 1. The van der Waals surface area contributed by atoms with E-state index in [1.54, 1.807) is 26.5 Å². The summed E-state index contributed by atoms with van der Waals surface area (Å²) in [6, 6.07) is 7.74. The quantitative estimate of drug-likeness (QED) is 0.383. The highest BCUT2D eigenvalue weighted by molar-refractivity contribution is 7.26. The topological polar surface area (TPSA) is 98.7 Å². The minimum absolute atomic E-state index is 0.271. The number of H-pyrrole nitrogens is 1. The summed E-state index contributed by atoms with van der Waals surface area (Å²) >= 11 is 1.31. The summed E-state index contributed by atoms with van der Waals surface area (Å²) in [5.41, 5.74) is 1.59. The number of methoxy groups -OCH3 is 2. The fraction of sp³-hybridized carbons (Fsp3) is 0.423. The van der Waals surface area contributed by atoms with Gasteiger partial charge in [0.25, 0.3) is 5.56 Å². The first-order valence-corrected chi connectivity index (χ1v) is 13.0. The fourth-order valence-electron chi connectivity index (χ4n) is 5.62. The Balaban J connectivity index is 1.14. The molecular formula is C26H28N4O5S. The van der Waals surface area contributed by atoms with Crippen LogP contribution in [-0.4, -0.2) is 59.9 Å². The van der Waals surface area contributed by atoms with Crippen molar-refractivity contribution < 1.29 is 14.2 Å². The van der Waals surface area contributed by atoms with Gasteiger partial charge < -0.3 is 24.1 Å². The zero-order chi connectivity index (χ0) is 24.8. The number of benzene rings is 1. The molecule has 3 aromatic heterocycles. The molecule has 9 nitrogen and oxygen atoms in total.